The number of hydrogen-bond acceptors (Lipinski definition) is 4. The quantitative estimate of drug-likeness (QED) is 0.852. The molecule has 1 aromatic heterocycles. The number of carbonyl (C=O) groups is 1. The summed E-state index contributed by atoms with van der Waals surface area (Å²) in [5.74, 6) is 0.381. The Hall–Kier alpha value is -2.14. The molecule has 25 heavy (non-hydrogen) atoms. The van der Waals surface area contributed by atoms with E-state index in [0.29, 0.717) is 23.1 Å². The van der Waals surface area contributed by atoms with E-state index in [1.807, 2.05) is 30.2 Å². The van der Waals surface area contributed by atoms with Crippen LogP contribution in [0.2, 0.25) is 5.02 Å². The fraction of sp³-hybridized carbons (Fsp3) is 0.421. The normalized spacial score (nSPS) is 22.2. The number of piperidine rings is 1. The lowest BCUT2D eigenvalue weighted by Crippen LogP contribution is -2.48. The van der Waals surface area contributed by atoms with Crippen LogP contribution in [0.25, 0.3) is 0 Å². The largest absolute Gasteiger partial charge is 0.368 e. The number of aryl methyl sites for hydroxylation is 2. The Morgan fingerprint density at radius 1 is 1.36 bits per heavy atom. The topological polar surface area (TPSA) is 72.1 Å². The van der Waals surface area contributed by atoms with Crippen molar-refractivity contribution in [1.29, 1.82) is 0 Å². The molecule has 1 fully saturated rings. The van der Waals surface area contributed by atoms with Crippen LogP contribution in [-0.4, -0.2) is 33.9 Å². The first-order valence-electron chi connectivity index (χ1n) is 8.66. The molecule has 1 aliphatic carbocycles. The van der Waals surface area contributed by atoms with Gasteiger partial charge in [-0.2, -0.15) is 0 Å². The smallest absolute Gasteiger partial charge is 0.253 e. The molecule has 1 saturated heterocycles. The molecule has 1 spiro atoms. The van der Waals surface area contributed by atoms with Crippen LogP contribution in [-0.2, 0) is 11.8 Å². The zero-order chi connectivity index (χ0) is 17.6. The number of nitrogens with zero attached hydrogens (tertiary/aromatic N) is 3. The van der Waals surface area contributed by atoms with Crippen LogP contribution in [0, 0.1) is 6.92 Å². The summed E-state index contributed by atoms with van der Waals surface area (Å²) in [4.78, 5) is 23.6. The third-order valence-corrected chi connectivity index (χ3v) is 5.95. The zero-order valence-corrected chi connectivity index (χ0v) is 15.0. The predicted molar refractivity (Wildman–Crippen MR) is 97.8 cm³/mol. The summed E-state index contributed by atoms with van der Waals surface area (Å²) in [6.45, 7) is 3.39. The first-order valence-corrected chi connectivity index (χ1v) is 9.04. The highest BCUT2D eigenvalue weighted by Crippen LogP contribution is 2.44. The van der Waals surface area contributed by atoms with Gasteiger partial charge in [0.2, 0.25) is 5.95 Å². The van der Waals surface area contributed by atoms with Crippen LogP contribution < -0.4 is 5.73 Å². The van der Waals surface area contributed by atoms with Crippen LogP contribution in [0.5, 0.6) is 0 Å². The molecule has 130 valence electrons. The molecule has 1 amide bonds. The van der Waals surface area contributed by atoms with Gasteiger partial charge in [0, 0.05) is 35.3 Å². The molecule has 2 aromatic rings. The van der Waals surface area contributed by atoms with Gasteiger partial charge in [-0.1, -0.05) is 11.6 Å². The number of likely N-dealkylation sites (tertiary alicyclic amines) is 1. The van der Waals surface area contributed by atoms with Crippen LogP contribution in [0.15, 0.2) is 24.4 Å². The molecule has 5 nitrogen and oxygen atoms in total. The van der Waals surface area contributed by atoms with E-state index < -0.39 is 0 Å². The van der Waals surface area contributed by atoms with Crippen LogP contribution in [0.4, 0.5) is 5.95 Å². The van der Waals surface area contributed by atoms with Gasteiger partial charge in [-0.15, -0.1) is 0 Å². The minimum Gasteiger partial charge on any atom is -0.368 e. The second kappa shape index (κ2) is 5.99. The van der Waals surface area contributed by atoms with Gasteiger partial charge in [0.15, 0.2) is 0 Å². The Kier molecular flexibility index (Phi) is 3.91. The Labute approximate surface area is 152 Å². The lowest BCUT2D eigenvalue weighted by molar-refractivity contribution is 0.0633. The van der Waals surface area contributed by atoms with Gasteiger partial charge in [0.25, 0.3) is 5.91 Å². The molecule has 0 radical (unpaired) electrons. The van der Waals surface area contributed by atoms with Gasteiger partial charge >= 0.3 is 0 Å². The van der Waals surface area contributed by atoms with E-state index in [1.165, 1.54) is 5.56 Å². The molecule has 4 rings (SSSR count). The minimum absolute atomic E-state index is 0.0642. The van der Waals surface area contributed by atoms with Crippen molar-refractivity contribution in [3.8, 4) is 0 Å². The molecular formula is C19H21ClN4O. The summed E-state index contributed by atoms with van der Waals surface area (Å²) in [6, 6.07) is 5.47. The maximum Gasteiger partial charge on any atom is 0.253 e. The van der Waals surface area contributed by atoms with Gasteiger partial charge in [-0.05, 0) is 61.9 Å². The number of nitrogens with two attached hydrogens (primary N) is 1. The molecule has 2 heterocycles. The van der Waals surface area contributed by atoms with Crippen molar-refractivity contribution < 1.29 is 4.79 Å². The predicted octanol–water partition coefficient (Wildman–Crippen LogP) is 3.14. The average molecular weight is 357 g/mol. The monoisotopic (exact) mass is 356 g/mol. The molecule has 6 heteroatoms. The number of benzene rings is 1. The number of amides is 1. The van der Waals surface area contributed by atoms with E-state index in [0.717, 1.165) is 43.5 Å². The highest BCUT2D eigenvalue weighted by molar-refractivity contribution is 6.31. The number of rotatable bonds is 1. The second-order valence-corrected chi connectivity index (χ2v) is 7.58. The Morgan fingerprint density at radius 2 is 2.20 bits per heavy atom. The maximum atomic E-state index is 13.0. The van der Waals surface area contributed by atoms with Gasteiger partial charge in [-0.25, -0.2) is 9.97 Å². The molecule has 1 aliphatic heterocycles. The lowest BCUT2D eigenvalue weighted by atomic mass is 9.77. The molecule has 0 bridgehead atoms. The number of carbonyl (C=O) groups excluding carboxylic acids is 1. The molecule has 1 atom stereocenters. The van der Waals surface area contributed by atoms with Crippen molar-refractivity contribution in [2.75, 3.05) is 18.8 Å². The standard InChI is InChI=1S/C19H21ClN4O/c1-12-9-13(3-4-15(12)20)17(25)24-8-2-6-19(11-24)7-5-14-10-22-18(21)23-16(14)19/h3-4,9-10H,2,5-8,11H2,1H3,(H2,21,22,23). The van der Waals surface area contributed by atoms with Crippen LogP contribution in [0.1, 0.15) is 46.4 Å². The number of nitrogen functional groups attached to an aromatic ring is 1. The van der Waals surface area contributed by atoms with Gasteiger partial charge < -0.3 is 10.6 Å². The van der Waals surface area contributed by atoms with Crippen molar-refractivity contribution in [2.24, 2.45) is 0 Å². The highest BCUT2D eigenvalue weighted by atomic mass is 35.5. The number of fused-ring (bicyclic) bond motifs is 2. The van der Waals surface area contributed by atoms with Crippen LogP contribution in [0.3, 0.4) is 0 Å². The van der Waals surface area contributed by atoms with E-state index in [-0.39, 0.29) is 11.3 Å². The van der Waals surface area contributed by atoms with Crippen molar-refractivity contribution in [2.45, 2.75) is 38.0 Å². The fourth-order valence-corrected chi connectivity index (χ4v) is 4.34. The van der Waals surface area contributed by atoms with E-state index in [4.69, 9.17) is 17.3 Å². The first kappa shape index (κ1) is 16.3. The third kappa shape index (κ3) is 2.76. The minimum atomic E-state index is -0.0816. The molecule has 0 saturated carbocycles. The Morgan fingerprint density at radius 3 is 3.00 bits per heavy atom. The number of aromatic nitrogens is 2. The number of hydrogen-bond donors (Lipinski definition) is 1. The van der Waals surface area contributed by atoms with Crippen LogP contribution >= 0.6 is 11.6 Å². The lowest BCUT2D eigenvalue weighted by Gasteiger charge is -2.40. The summed E-state index contributed by atoms with van der Waals surface area (Å²) in [5.41, 5.74) is 9.57. The number of anilines is 1. The Balaban J connectivity index is 1.63. The summed E-state index contributed by atoms with van der Waals surface area (Å²) in [5, 5.41) is 0.684. The van der Waals surface area contributed by atoms with Crippen molar-refractivity contribution >= 4 is 23.5 Å². The van der Waals surface area contributed by atoms with Gasteiger partial charge in [-0.3, -0.25) is 4.79 Å². The van der Waals surface area contributed by atoms with E-state index in [2.05, 4.69) is 9.97 Å². The van der Waals surface area contributed by atoms with Crippen molar-refractivity contribution in [3.63, 3.8) is 0 Å². The zero-order valence-electron chi connectivity index (χ0n) is 14.3. The third-order valence-electron chi connectivity index (χ3n) is 5.53. The fourth-order valence-electron chi connectivity index (χ4n) is 4.22. The molecule has 2 aliphatic rings. The molecular weight excluding hydrogens is 336 g/mol. The molecule has 2 N–H and O–H groups in total. The van der Waals surface area contributed by atoms with Crippen molar-refractivity contribution in [1.82, 2.24) is 14.9 Å². The summed E-state index contributed by atoms with van der Waals surface area (Å²) >= 11 is 6.09. The summed E-state index contributed by atoms with van der Waals surface area (Å²) < 4.78 is 0. The van der Waals surface area contributed by atoms with Crippen molar-refractivity contribution in [3.05, 3.63) is 51.8 Å². The van der Waals surface area contributed by atoms with Gasteiger partial charge in [0.1, 0.15) is 0 Å². The van der Waals surface area contributed by atoms with E-state index >= 15 is 0 Å². The summed E-state index contributed by atoms with van der Waals surface area (Å²) in [6.07, 6.45) is 5.82. The summed E-state index contributed by atoms with van der Waals surface area (Å²) in [7, 11) is 0. The van der Waals surface area contributed by atoms with E-state index in [1.54, 1.807) is 6.07 Å². The maximum absolute atomic E-state index is 13.0. The van der Waals surface area contributed by atoms with Gasteiger partial charge in [0.05, 0.1) is 5.69 Å². The Bertz CT molecular complexity index is 849. The molecule has 1 aromatic carbocycles. The van der Waals surface area contributed by atoms with E-state index in [9.17, 15) is 4.79 Å². The number of halogens is 1. The average Bonchev–Trinajstić information content (AvgIpc) is 2.94. The molecule has 1 unspecified atom stereocenters. The first-order chi connectivity index (χ1) is 12.0. The highest BCUT2D eigenvalue weighted by Gasteiger charge is 2.44. The second-order valence-electron chi connectivity index (χ2n) is 7.18. The SMILES string of the molecule is Cc1cc(C(=O)N2CCCC3(CCc4cnc(N)nc43)C2)ccc1Cl.